The van der Waals surface area contributed by atoms with Crippen molar-refractivity contribution in [3.63, 3.8) is 0 Å². The van der Waals surface area contributed by atoms with Crippen molar-refractivity contribution < 1.29 is 21.7 Å². The van der Waals surface area contributed by atoms with E-state index in [1.165, 1.54) is 5.56 Å². The largest absolute Gasteiger partial charge is 2.00 e. The van der Waals surface area contributed by atoms with Gasteiger partial charge in [0.05, 0.1) is 6.61 Å². The maximum absolute atomic E-state index is 5.42. The molecule has 0 bridgehead atoms. The Morgan fingerprint density at radius 1 is 1.14 bits per heavy atom. The zero-order valence-electron chi connectivity index (χ0n) is 8.42. The molecular formula is C11H15BrMgO. The average molecular weight is 267 g/mol. The van der Waals surface area contributed by atoms with E-state index in [1.807, 2.05) is 18.2 Å². The van der Waals surface area contributed by atoms with Crippen LogP contribution >= 0.6 is 0 Å². The SMILES string of the molecule is [Br-].[CH2-]CCCOCc1ccccc1.[Mg+2]. The fraction of sp³-hybridized carbons (Fsp3) is 0.364. The first-order chi connectivity index (χ1) is 5.93. The van der Waals surface area contributed by atoms with Gasteiger partial charge in [0.2, 0.25) is 0 Å². The van der Waals surface area contributed by atoms with E-state index in [0.717, 1.165) is 26.1 Å². The quantitative estimate of drug-likeness (QED) is 0.395. The molecule has 0 saturated heterocycles. The first kappa shape index (κ1) is 16.8. The van der Waals surface area contributed by atoms with Crippen molar-refractivity contribution in [2.24, 2.45) is 0 Å². The third-order valence-electron chi connectivity index (χ3n) is 1.65. The molecule has 74 valence electrons. The molecular weight excluding hydrogens is 252 g/mol. The molecule has 0 atom stereocenters. The monoisotopic (exact) mass is 266 g/mol. The number of rotatable bonds is 5. The second-order valence-electron chi connectivity index (χ2n) is 2.75. The average Bonchev–Trinajstić information content (AvgIpc) is 2.14. The number of unbranched alkanes of at least 4 members (excludes halogenated alkanes) is 1. The Morgan fingerprint density at radius 2 is 1.79 bits per heavy atom. The van der Waals surface area contributed by atoms with Crippen molar-refractivity contribution in [1.82, 2.24) is 0 Å². The Morgan fingerprint density at radius 3 is 2.36 bits per heavy atom. The predicted molar refractivity (Wildman–Crippen MR) is 56.4 cm³/mol. The van der Waals surface area contributed by atoms with Crippen molar-refractivity contribution >= 4 is 23.1 Å². The summed E-state index contributed by atoms with van der Waals surface area (Å²) in [5.74, 6) is 0. The van der Waals surface area contributed by atoms with Gasteiger partial charge in [-0.25, -0.2) is 0 Å². The second-order valence-corrected chi connectivity index (χ2v) is 2.75. The molecule has 1 nitrogen and oxygen atoms in total. The van der Waals surface area contributed by atoms with Crippen LogP contribution in [-0.4, -0.2) is 29.7 Å². The summed E-state index contributed by atoms with van der Waals surface area (Å²) in [5, 5.41) is 0. The van der Waals surface area contributed by atoms with E-state index in [4.69, 9.17) is 4.74 Å². The van der Waals surface area contributed by atoms with E-state index < -0.39 is 0 Å². The number of ether oxygens (including phenoxy) is 1. The van der Waals surface area contributed by atoms with E-state index in [9.17, 15) is 0 Å². The van der Waals surface area contributed by atoms with Gasteiger partial charge in [-0.15, -0.1) is 0 Å². The van der Waals surface area contributed by atoms with Crippen molar-refractivity contribution in [3.8, 4) is 0 Å². The topological polar surface area (TPSA) is 9.23 Å². The zero-order valence-corrected chi connectivity index (χ0v) is 11.4. The molecule has 14 heavy (non-hydrogen) atoms. The molecule has 0 unspecified atom stereocenters. The Hall–Kier alpha value is 0.426. The van der Waals surface area contributed by atoms with E-state index in [0.29, 0.717) is 0 Å². The van der Waals surface area contributed by atoms with Crippen LogP contribution in [-0.2, 0) is 11.3 Å². The molecule has 0 heterocycles. The summed E-state index contributed by atoms with van der Waals surface area (Å²) < 4.78 is 5.42. The van der Waals surface area contributed by atoms with Crippen molar-refractivity contribution in [2.45, 2.75) is 19.4 Å². The Labute approximate surface area is 113 Å². The van der Waals surface area contributed by atoms with Crippen molar-refractivity contribution in [2.75, 3.05) is 6.61 Å². The Kier molecular flexibility index (Phi) is 13.8. The van der Waals surface area contributed by atoms with Crippen LogP contribution in [0.1, 0.15) is 18.4 Å². The van der Waals surface area contributed by atoms with Crippen LogP contribution in [0.25, 0.3) is 0 Å². The number of benzene rings is 1. The first-order valence-corrected chi connectivity index (χ1v) is 4.34. The van der Waals surface area contributed by atoms with Crippen LogP contribution in [0.15, 0.2) is 30.3 Å². The van der Waals surface area contributed by atoms with Crippen LogP contribution < -0.4 is 17.0 Å². The Bertz CT molecular complexity index is 204. The van der Waals surface area contributed by atoms with Gasteiger partial charge in [-0.05, 0) is 5.56 Å². The number of hydrogen-bond donors (Lipinski definition) is 0. The van der Waals surface area contributed by atoms with Crippen LogP contribution in [0.3, 0.4) is 0 Å². The zero-order chi connectivity index (χ0) is 8.65. The molecule has 0 aliphatic heterocycles. The van der Waals surface area contributed by atoms with Crippen LogP contribution in [0, 0.1) is 6.92 Å². The minimum atomic E-state index is 0. The van der Waals surface area contributed by atoms with E-state index in [-0.39, 0.29) is 40.0 Å². The first-order valence-electron chi connectivity index (χ1n) is 4.34. The fourth-order valence-electron chi connectivity index (χ4n) is 0.968. The summed E-state index contributed by atoms with van der Waals surface area (Å²) in [5.41, 5.74) is 1.24. The third kappa shape index (κ3) is 7.80. The van der Waals surface area contributed by atoms with E-state index >= 15 is 0 Å². The molecule has 0 spiro atoms. The summed E-state index contributed by atoms with van der Waals surface area (Å²) in [6.45, 7) is 5.29. The van der Waals surface area contributed by atoms with Gasteiger partial charge in [0.15, 0.2) is 0 Å². The Balaban J connectivity index is 0. The second kappa shape index (κ2) is 11.5. The molecule has 0 N–H and O–H groups in total. The molecule has 1 aromatic carbocycles. The van der Waals surface area contributed by atoms with Crippen molar-refractivity contribution in [3.05, 3.63) is 42.8 Å². The molecule has 1 rings (SSSR count). The summed E-state index contributed by atoms with van der Waals surface area (Å²) >= 11 is 0. The maximum Gasteiger partial charge on any atom is 2.00 e. The van der Waals surface area contributed by atoms with Gasteiger partial charge in [0.25, 0.3) is 0 Å². The van der Waals surface area contributed by atoms with Gasteiger partial charge in [-0.1, -0.05) is 36.8 Å². The standard InChI is InChI=1S/C11H15O.BrH.Mg/c1-2-3-9-12-10-11-7-5-4-6-8-11;;/h4-8H,1-3,9-10H2;1H;/q-1;;+2/p-1. The molecule has 3 heteroatoms. The fourth-order valence-corrected chi connectivity index (χ4v) is 0.968. The third-order valence-corrected chi connectivity index (χ3v) is 1.65. The van der Waals surface area contributed by atoms with Gasteiger partial charge in [0, 0.05) is 6.61 Å². The molecule has 1 aromatic rings. The molecule has 0 aliphatic rings. The normalized spacial score (nSPS) is 8.64. The van der Waals surface area contributed by atoms with Crippen molar-refractivity contribution in [1.29, 1.82) is 0 Å². The number of halogens is 1. The van der Waals surface area contributed by atoms with Gasteiger partial charge in [-0.2, -0.15) is 6.42 Å². The molecule has 0 amide bonds. The predicted octanol–water partition coefficient (Wildman–Crippen LogP) is -0.559. The van der Waals surface area contributed by atoms with Crippen LogP contribution in [0.2, 0.25) is 0 Å². The summed E-state index contributed by atoms with van der Waals surface area (Å²) in [6, 6.07) is 10.2. The van der Waals surface area contributed by atoms with Gasteiger partial charge in [-0.3, -0.25) is 0 Å². The molecule has 0 fully saturated rings. The number of hydrogen-bond acceptors (Lipinski definition) is 1. The smallest absolute Gasteiger partial charge is 1.00 e. The molecule has 0 radical (unpaired) electrons. The minimum absolute atomic E-state index is 0. The summed E-state index contributed by atoms with van der Waals surface area (Å²) in [7, 11) is 0. The van der Waals surface area contributed by atoms with Crippen LogP contribution in [0.5, 0.6) is 0 Å². The van der Waals surface area contributed by atoms with Gasteiger partial charge < -0.3 is 28.6 Å². The summed E-state index contributed by atoms with van der Waals surface area (Å²) in [6.07, 6.45) is 2.00. The van der Waals surface area contributed by atoms with E-state index in [1.54, 1.807) is 0 Å². The van der Waals surface area contributed by atoms with Crippen LogP contribution in [0.4, 0.5) is 0 Å². The molecule has 0 saturated carbocycles. The molecule has 0 aliphatic carbocycles. The van der Waals surface area contributed by atoms with E-state index in [2.05, 4.69) is 19.1 Å². The molecule has 0 aromatic heterocycles. The maximum atomic E-state index is 5.42. The van der Waals surface area contributed by atoms with Gasteiger partial charge >= 0.3 is 23.1 Å². The van der Waals surface area contributed by atoms with Gasteiger partial charge in [0.1, 0.15) is 0 Å². The minimum Gasteiger partial charge on any atom is -1.00 e. The summed E-state index contributed by atoms with van der Waals surface area (Å²) in [4.78, 5) is 0.